The van der Waals surface area contributed by atoms with Gasteiger partial charge in [-0.25, -0.2) is 0 Å². The molecule has 0 amide bonds. The van der Waals surface area contributed by atoms with Gasteiger partial charge in [0.05, 0.1) is 0 Å². The molecule has 0 aromatic heterocycles. The SMILES string of the molecule is COCCN1CCN(B=O)CC1. The average molecular weight is 170 g/mol. The van der Waals surface area contributed by atoms with Gasteiger partial charge in [-0.15, -0.1) is 0 Å². The van der Waals surface area contributed by atoms with E-state index in [9.17, 15) is 4.70 Å². The van der Waals surface area contributed by atoms with E-state index >= 15 is 0 Å². The molecular weight excluding hydrogens is 155 g/mol. The summed E-state index contributed by atoms with van der Waals surface area (Å²) in [4.78, 5) is 4.12. The van der Waals surface area contributed by atoms with Crippen LogP contribution in [0.3, 0.4) is 0 Å². The fraction of sp³-hybridized carbons (Fsp3) is 1.00. The molecule has 1 fully saturated rings. The van der Waals surface area contributed by atoms with Gasteiger partial charge in [0.25, 0.3) is 0 Å². The topological polar surface area (TPSA) is 32.8 Å². The van der Waals surface area contributed by atoms with E-state index < -0.39 is 0 Å². The Morgan fingerprint density at radius 1 is 1.33 bits per heavy atom. The van der Waals surface area contributed by atoms with Crippen molar-refractivity contribution < 1.29 is 9.44 Å². The van der Waals surface area contributed by atoms with Crippen LogP contribution < -0.4 is 0 Å². The molecule has 1 rings (SSSR count). The Bertz CT molecular complexity index is 137. The molecule has 4 nitrogen and oxygen atoms in total. The van der Waals surface area contributed by atoms with Gasteiger partial charge < -0.3 is 0 Å². The van der Waals surface area contributed by atoms with Gasteiger partial charge in [0.15, 0.2) is 0 Å². The summed E-state index contributed by atoms with van der Waals surface area (Å²) in [5.41, 5.74) is 0. The third-order valence-electron chi connectivity index (χ3n) is 2.17. The Balaban J connectivity index is 2.12. The van der Waals surface area contributed by atoms with Crippen LogP contribution in [0.15, 0.2) is 0 Å². The maximum absolute atomic E-state index is 10.4. The normalized spacial score (nSPS) is 19.2. The molecule has 0 aliphatic carbocycles. The number of piperazine rings is 1. The molecule has 12 heavy (non-hydrogen) atoms. The van der Waals surface area contributed by atoms with Crippen LogP contribution in [-0.4, -0.2) is 63.4 Å². The van der Waals surface area contributed by atoms with E-state index in [1.54, 1.807) is 7.11 Å². The van der Waals surface area contributed by atoms with Crippen LogP contribution in [0.1, 0.15) is 0 Å². The van der Waals surface area contributed by atoms with Crippen molar-refractivity contribution in [3.05, 3.63) is 0 Å². The van der Waals surface area contributed by atoms with Crippen LogP contribution in [0.2, 0.25) is 0 Å². The minimum atomic E-state index is 0.779. The van der Waals surface area contributed by atoms with Crippen molar-refractivity contribution in [3.8, 4) is 0 Å². The molecule has 0 spiro atoms. The van der Waals surface area contributed by atoms with Crippen LogP contribution in [0.25, 0.3) is 0 Å². The number of hydrogen-bond acceptors (Lipinski definition) is 3. The fourth-order valence-corrected chi connectivity index (χ4v) is 1.31. The van der Waals surface area contributed by atoms with Gasteiger partial charge >= 0.3 is 72.9 Å². The molecule has 5 heteroatoms. The summed E-state index contributed by atoms with van der Waals surface area (Å²) in [6.07, 6.45) is 0. The molecule has 1 heterocycles. The van der Waals surface area contributed by atoms with Gasteiger partial charge in [0.1, 0.15) is 0 Å². The molecule has 1 aliphatic heterocycles. The molecule has 0 saturated carbocycles. The van der Waals surface area contributed by atoms with Gasteiger partial charge in [-0.2, -0.15) is 0 Å². The molecular formula is C7H15BN2O2. The van der Waals surface area contributed by atoms with Crippen LogP contribution in [-0.2, 0) is 9.44 Å². The van der Waals surface area contributed by atoms with Crippen molar-refractivity contribution in [2.45, 2.75) is 0 Å². The monoisotopic (exact) mass is 170 g/mol. The van der Waals surface area contributed by atoms with Crippen LogP contribution in [0, 0.1) is 0 Å². The van der Waals surface area contributed by atoms with Gasteiger partial charge in [-0.1, -0.05) is 0 Å². The molecule has 1 saturated heterocycles. The van der Waals surface area contributed by atoms with E-state index in [0.717, 1.165) is 46.6 Å². The van der Waals surface area contributed by atoms with Gasteiger partial charge in [-0.3, -0.25) is 0 Å². The van der Waals surface area contributed by atoms with E-state index in [1.807, 2.05) is 4.81 Å². The summed E-state index contributed by atoms with van der Waals surface area (Å²) in [6, 6.07) is 0. The van der Waals surface area contributed by atoms with Crippen molar-refractivity contribution in [1.29, 1.82) is 0 Å². The minimum absolute atomic E-state index is 0.779. The first-order valence-corrected chi connectivity index (χ1v) is 4.27. The van der Waals surface area contributed by atoms with Crippen LogP contribution in [0.5, 0.6) is 0 Å². The van der Waals surface area contributed by atoms with E-state index in [-0.39, 0.29) is 0 Å². The molecule has 0 bridgehead atoms. The maximum atomic E-state index is 10.4. The zero-order chi connectivity index (χ0) is 8.81. The summed E-state index contributed by atoms with van der Waals surface area (Å²) in [5, 5.41) is 0. The van der Waals surface area contributed by atoms with Gasteiger partial charge in [-0.05, 0) is 0 Å². The predicted octanol–water partition coefficient (Wildman–Crippen LogP) is -0.785. The molecule has 0 unspecified atom stereocenters. The fourth-order valence-electron chi connectivity index (χ4n) is 1.31. The third kappa shape index (κ3) is 2.91. The Morgan fingerprint density at radius 3 is 2.50 bits per heavy atom. The first-order chi connectivity index (χ1) is 5.86. The van der Waals surface area contributed by atoms with Crippen molar-refractivity contribution in [2.24, 2.45) is 0 Å². The number of nitrogens with zero attached hydrogens (tertiary/aromatic N) is 2. The summed E-state index contributed by atoms with van der Waals surface area (Å²) >= 11 is 0. The van der Waals surface area contributed by atoms with E-state index in [0.29, 0.717) is 0 Å². The van der Waals surface area contributed by atoms with E-state index in [2.05, 4.69) is 4.90 Å². The van der Waals surface area contributed by atoms with Gasteiger partial charge in [0, 0.05) is 0 Å². The summed E-state index contributed by atoms with van der Waals surface area (Å²) in [7, 11) is 2.63. The number of rotatable bonds is 4. The summed E-state index contributed by atoms with van der Waals surface area (Å²) in [6.45, 7) is 5.41. The Kier molecular flexibility index (Phi) is 4.25. The first-order valence-electron chi connectivity index (χ1n) is 4.27. The molecule has 0 atom stereocenters. The number of hydrogen-bond donors (Lipinski definition) is 0. The standard InChI is InChI=1S/C7H15BN2O2/c1-12-7-6-9-2-4-10(8-11)5-3-9/h2-7H2,1H3. The average Bonchev–Trinajstić information content (AvgIpc) is 2.15. The van der Waals surface area contributed by atoms with E-state index in [4.69, 9.17) is 4.74 Å². The molecule has 0 aromatic carbocycles. The summed E-state index contributed by atoms with van der Waals surface area (Å²) in [5.74, 6) is 0. The first kappa shape index (κ1) is 9.67. The second-order valence-corrected chi connectivity index (χ2v) is 2.98. The molecule has 0 aromatic rings. The van der Waals surface area contributed by atoms with Crippen LogP contribution >= 0.6 is 0 Å². The zero-order valence-electron chi connectivity index (χ0n) is 7.53. The zero-order valence-corrected chi connectivity index (χ0v) is 7.53. The van der Waals surface area contributed by atoms with Gasteiger partial charge in [0.2, 0.25) is 0 Å². The third-order valence-corrected chi connectivity index (χ3v) is 2.17. The number of methoxy groups -OCH3 is 1. The van der Waals surface area contributed by atoms with Crippen LogP contribution in [0.4, 0.5) is 0 Å². The Labute approximate surface area is 73.7 Å². The Hall–Kier alpha value is -0.415. The second-order valence-electron chi connectivity index (χ2n) is 2.98. The molecule has 1 aliphatic rings. The summed E-state index contributed by atoms with van der Waals surface area (Å²) < 4.78 is 15.3. The Morgan fingerprint density at radius 2 is 2.00 bits per heavy atom. The second kappa shape index (κ2) is 5.27. The number of ether oxygens (including phenoxy) is 1. The van der Waals surface area contributed by atoms with Crippen molar-refractivity contribution in [2.75, 3.05) is 46.4 Å². The molecule has 0 radical (unpaired) electrons. The van der Waals surface area contributed by atoms with Crippen molar-refractivity contribution in [3.63, 3.8) is 0 Å². The molecule has 0 N–H and O–H groups in total. The predicted molar refractivity (Wildman–Crippen MR) is 46.3 cm³/mol. The van der Waals surface area contributed by atoms with Crippen molar-refractivity contribution in [1.82, 2.24) is 9.71 Å². The molecule has 68 valence electrons. The van der Waals surface area contributed by atoms with Crippen molar-refractivity contribution >= 4 is 7.28 Å². The quantitative estimate of drug-likeness (QED) is 0.518. The van der Waals surface area contributed by atoms with E-state index in [1.165, 1.54) is 0 Å².